The molecule has 290 valence electrons. The number of anilines is 3. The standard InChI is InChI=1S/C58H37N3S/c1-2-13-41(14-3-1)60-52-19-9-6-16-47(52)51-36-44(32-35-54(51)60)59(45-31-33-49-48-17-8-11-21-56(48)62-57(49)37-45)42-27-22-38(23-28-42)39-24-29-43(30-25-39)61-53-20-10-7-18-50(53)58-46-15-5-4-12-40(46)26-34-55(58)61/h1-37H. The van der Waals surface area contributed by atoms with Crippen LogP contribution in [0.15, 0.2) is 224 Å². The molecule has 0 unspecified atom stereocenters. The van der Waals surface area contributed by atoms with Crippen molar-refractivity contribution in [3.05, 3.63) is 224 Å². The summed E-state index contributed by atoms with van der Waals surface area (Å²) in [6, 6.07) is 82.2. The van der Waals surface area contributed by atoms with Crippen LogP contribution in [0.2, 0.25) is 0 Å². The molecule has 13 aromatic rings. The van der Waals surface area contributed by atoms with Crippen LogP contribution in [0.1, 0.15) is 0 Å². The number of para-hydroxylation sites is 3. The fraction of sp³-hybridized carbons (Fsp3) is 0. The van der Waals surface area contributed by atoms with Gasteiger partial charge in [0.15, 0.2) is 0 Å². The molecule has 0 N–H and O–H groups in total. The van der Waals surface area contributed by atoms with Gasteiger partial charge in [0.1, 0.15) is 0 Å². The Morgan fingerprint density at radius 3 is 1.65 bits per heavy atom. The largest absolute Gasteiger partial charge is 0.310 e. The maximum absolute atomic E-state index is 2.41. The van der Waals surface area contributed by atoms with Crippen LogP contribution in [-0.4, -0.2) is 9.13 Å². The monoisotopic (exact) mass is 807 g/mol. The summed E-state index contributed by atoms with van der Waals surface area (Å²) < 4.78 is 7.38. The molecular weight excluding hydrogens is 771 g/mol. The van der Waals surface area contributed by atoms with Crippen molar-refractivity contribution in [1.82, 2.24) is 9.13 Å². The Labute approximate surface area is 362 Å². The number of aromatic nitrogens is 2. The van der Waals surface area contributed by atoms with E-state index in [1.165, 1.54) is 85.7 Å². The second-order valence-corrected chi connectivity index (χ2v) is 17.2. The highest BCUT2D eigenvalue weighted by atomic mass is 32.1. The fourth-order valence-corrected chi connectivity index (χ4v) is 11.0. The van der Waals surface area contributed by atoms with Gasteiger partial charge in [-0.05, 0) is 113 Å². The smallest absolute Gasteiger partial charge is 0.0547 e. The van der Waals surface area contributed by atoms with E-state index in [1.54, 1.807) is 0 Å². The third-order valence-electron chi connectivity index (χ3n) is 12.7. The van der Waals surface area contributed by atoms with Crippen molar-refractivity contribution in [2.24, 2.45) is 0 Å². The summed E-state index contributed by atoms with van der Waals surface area (Å²) in [5.74, 6) is 0. The molecule has 3 nitrogen and oxygen atoms in total. The van der Waals surface area contributed by atoms with E-state index in [1.807, 2.05) is 11.3 Å². The first-order valence-electron chi connectivity index (χ1n) is 21.2. The average Bonchev–Trinajstić information content (AvgIpc) is 4.00. The molecule has 0 radical (unpaired) electrons. The zero-order valence-corrected chi connectivity index (χ0v) is 34.4. The van der Waals surface area contributed by atoms with Crippen molar-refractivity contribution >= 4 is 103 Å². The molecule has 0 aliphatic rings. The lowest BCUT2D eigenvalue weighted by atomic mass is 10.0. The number of rotatable bonds is 6. The van der Waals surface area contributed by atoms with Crippen LogP contribution < -0.4 is 4.90 Å². The molecule has 0 spiro atoms. The number of fused-ring (bicyclic) bond motifs is 11. The lowest BCUT2D eigenvalue weighted by Crippen LogP contribution is -2.09. The molecule has 0 amide bonds. The zero-order valence-electron chi connectivity index (χ0n) is 33.6. The third-order valence-corrected chi connectivity index (χ3v) is 13.8. The molecule has 0 saturated carbocycles. The predicted octanol–water partition coefficient (Wildman–Crippen LogP) is 16.5. The molecule has 0 aliphatic carbocycles. The van der Waals surface area contributed by atoms with Crippen LogP contribution >= 0.6 is 11.3 Å². The summed E-state index contributed by atoms with van der Waals surface area (Å²) in [4.78, 5) is 2.41. The molecule has 3 heterocycles. The van der Waals surface area contributed by atoms with E-state index >= 15 is 0 Å². The Morgan fingerprint density at radius 2 is 0.839 bits per heavy atom. The van der Waals surface area contributed by atoms with E-state index in [4.69, 9.17) is 0 Å². The number of hydrogen-bond acceptors (Lipinski definition) is 2. The van der Waals surface area contributed by atoms with E-state index in [-0.39, 0.29) is 0 Å². The van der Waals surface area contributed by atoms with Crippen LogP contribution in [0.4, 0.5) is 17.1 Å². The summed E-state index contributed by atoms with van der Waals surface area (Å²) in [6.45, 7) is 0. The van der Waals surface area contributed by atoms with Crippen molar-refractivity contribution in [1.29, 1.82) is 0 Å². The van der Waals surface area contributed by atoms with Gasteiger partial charge in [-0.3, -0.25) is 0 Å². The normalized spacial score (nSPS) is 11.9. The number of thiophene rings is 1. The molecule has 3 aromatic heterocycles. The quantitative estimate of drug-likeness (QED) is 0.163. The lowest BCUT2D eigenvalue weighted by Gasteiger charge is -2.26. The van der Waals surface area contributed by atoms with E-state index in [9.17, 15) is 0 Å². The predicted molar refractivity (Wildman–Crippen MR) is 266 cm³/mol. The Bertz CT molecular complexity index is 3850. The molecule has 0 atom stereocenters. The molecule has 4 heteroatoms. The van der Waals surface area contributed by atoms with Gasteiger partial charge in [-0.2, -0.15) is 0 Å². The van der Waals surface area contributed by atoms with Gasteiger partial charge in [-0.25, -0.2) is 0 Å². The van der Waals surface area contributed by atoms with Gasteiger partial charge in [-0.1, -0.05) is 133 Å². The highest BCUT2D eigenvalue weighted by molar-refractivity contribution is 7.25. The summed E-state index contributed by atoms with van der Waals surface area (Å²) in [6.07, 6.45) is 0. The molecule has 0 aliphatic heterocycles. The summed E-state index contributed by atoms with van der Waals surface area (Å²) in [5.41, 5.74) is 12.8. The topological polar surface area (TPSA) is 13.1 Å². The second-order valence-electron chi connectivity index (χ2n) is 16.1. The van der Waals surface area contributed by atoms with Crippen LogP contribution in [-0.2, 0) is 0 Å². The molecule has 10 aromatic carbocycles. The SMILES string of the molecule is c1ccc(-n2c3ccccc3c3cc(N(c4ccc(-c5ccc(-n6c7ccccc7c7c8ccccc8ccc76)cc5)cc4)c4ccc5c(c4)sc4ccccc45)ccc32)cc1. The summed E-state index contributed by atoms with van der Waals surface area (Å²) >= 11 is 1.86. The van der Waals surface area contributed by atoms with Crippen molar-refractivity contribution in [3.63, 3.8) is 0 Å². The van der Waals surface area contributed by atoms with Crippen molar-refractivity contribution in [2.75, 3.05) is 4.90 Å². The highest BCUT2D eigenvalue weighted by Gasteiger charge is 2.19. The Kier molecular flexibility index (Phi) is 7.78. The number of hydrogen-bond donors (Lipinski definition) is 0. The fourth-order valence-electron chi connectivity index (χ4n) is 9.88. The van der Waals surface area contributed by atoms with E-state index in [2.05, 4.69) is 238 Å². The Balaban J connectivity index is 0.922. The van der Waals surface area contributed by atoms with Gasteiger partial charge < -0.3 is 14.0 Å². The van der Waals surface area contributed by atoms with Crippen LogP contribution in [0.3, 0.4) is 0 Å². The van der Waals surface area contributed by atoms with Crippen LogP contribution in [0.25, 0.3) is 97.1 Å². The van der Waals surface area contributed by atoms with Crippen LogP contribution in [0.5, 0.6) is 0 Å². The van der Waals surface area contributed by atoms with Crippen molar-refractivity contribution < 1.29 is 0 Å². The highest BCUT2D eigenvalue weighted by Crippen LogP contribution is 2.44. The molecule has 0 bridgehead atoms. The minimum absolute atomic E-state index is 1.11. The average molecular weight is 808 g/mol. The molecule has 62 heavy (non-hydrogen) atoms. The molecule has 0 fully saturated rings. The molecule has 0 saturated heterocycles. The van der Waals surface area contributed by atoms with Crippen LogP contribution in [0, 0.1) is 0 Å². The van der Waals surface area contributed by atoms with Crippen molar-refractivity contribution in [2.45, 2.75) is 0 Å². The molecule has 13 rings (SSSR count). The number of benzene rings is 10. The molecular formula is C58H37N3S. The first kappa shape index (κ1) is 34.9. The maximum Gasteiger partial charge on any atom is 0.0547 e. The van der Waals surface area contributed by atoms with E-state index < -0.39 is 0 Å². The van der Waals surface area contributed by atoms with Gasteiger partial charge in [0.25, 0.3) is 0 Å². The third kappa shape index (κ3) is 5.37. The van der Waals surface area contributed by atoms with E-state index in [0.29, 0.717) is 0 Å². The minimum Gasteiger partial charge on any atom is -0.310 e. The first-order chi connectivity index (χ1) is 30.7. The minimum atomic E-state index is 1.11. The number of nitrogens with zero attached hydrogens (tertiary/aromatic N) is 3. The van der Waals surface area contributed by atoms with Gasteiger partial charge in [0.05, 0.1) is 22.1 Å². The van der Waals surface area contributed by atoms with Gasteiger partial charge in [0.2, 0.25) is 0 Å². The summed E-state index contributed by atoms with van der Waals surface area (Å²) in [5, 5.41) is 10.2. The first-order valence-corrected chi connectivity index (χ1v) is 22.0. The van der Waals surface area contributed by atoms with E-state index in [0.717, 1.165) is 28.4 Å². The maximum atomic E-state index is 2.41. The van der Waals surface area contributed by atoms with Crippen molar-refractivity contribution in [3.8, 4) is 22.5 Å². The van der Waals surface area contributed by atoms with Gasteiger partial charge in [0, 0.05) is 70.2 Å². The summed E-state index contributed by atoms with van der Waals surface area (Å²) in [7, 11) is 0. The zero-order chi connectivity index (χ0) is 40.7. The lowest BCUT2D eigenvalue weighted by molar-refractivity contribution is 1.18. The van der Waals surface area contributed by atoms with Gasteiger partial charge in [-0.15, -0.1) is 11.3 Å². The second kappa shape index (κ2) is 13.8. The Hall–Kier alpha value is -7.92. The van der Waals surface area contributed by atoms with Gasteiger partial charge >= 0.3 is 0 Å². The Morgan fingerprint density at radius 1 is 0.306 bits per heavy atom.